The number of rotatable bonds is 5. The van der Waals surface area contributed by atoms with Crippen LogP contribution in [0.1, 0.15) is 6.92 Å². The van der Waals surface area contributed by atoms with Crippen molar-refractivity contribution in [3.05, 3.63) is 28.3 Å². The number of carbonyl (C=O) groups excluding carboxylic acids is 1. The van der Waals surface area contributed by atoms with Gasteiger partial charge in [0, 0.05) is 6.92 Å². The maximum absolute atomic E-state index is 11.2. The van der Waals surface area contributed by atoms with E-state index in [0.717, 1.165) is 0 Å². The first kappa shape index (κ1) is 20.5. The monoisotopic (exact) mass is 414 g/mol. The lowest BCUT2D eigenvalue weighted by Crippen LogP contribution is -2.55. The summed E-state index contributed by atoms with van der Waals surface area (Å²) >= 11 is 22.3. The SMILES string of the molecule is COc1ccc(NC(=S)N[C@@H](NC(C)=O)C(Cl)(Cl)Cl)c([N+](=O)[O-])c1. The van der Waals surface area contributed by atoms with Gasteiger partial charge in [-0.05, 0) is 24.4 Å². The molecular formula is C12H13Cl3N4O4S. The number of nitrogens with zero attached hydrogens (tertiary/aromatic N) is 1. The highest BCUT2D eigenvalue weighted by Gasteiger charge is 2.34. The quantitative estimate of drug-likeness (QED) is 0.223. The van der Waals surface area contributed by atoms with Crippen LogP contribution in [0.15, 0.2) is 18.2 Å². The van der Waals surface area contributed by atoms with Crippen LogP contribution >= 0.6 is 47.0 Å². The van der Waals surface area contributed by atoms with E-state index in [-0.39, 0.29) is 16.5 Å². The van der Waals surface area contributed by atoms with Crippen molar-refractivity contribution in [3.63, 3.8) is 0 Å². The van der Waals surface area contributed by atoms with Gasteiger partial charge < -0.3 is 20.7 Å². The molecule has 12 heteroatoms. The van der Waals surface area contributed by atoms with Gasteiger partial charge in [0.2, 0.25) is 9.70 Å². The van der Waals surface area contributed by atoms with Crippen molar-refractivity contribution in [2.45, 2.75) is 16.9 Å². The minimum Gasteiger partial charge on any atom is -0.496 e. The summed E-state index contributed by atoms with van der Waals surface area (Å²) in [4.78, 5) is 21.7. The van der Waals surface area contributed by atoms with E-state index in [1.54, 1.807) is 0 Å². The van der Waals surface area contributed by atoms with E-state index in [9.17, 15) is 14.9 Å². The lowest BCUT2D eigenvalue weighted by molar-refractivity contribution is -0.384. The first-order valence-corrected chi connectivity index (χ1v) is 7.82. The van der Waals surface area contributed by atoms with Crippen LogP contribution in [0.5, 0.6) is 5.75 Å². The number of nitro groups is 1. The second-order valence-electron chi connectivity index (χ2n) is 4.41. The lowest BCUT2D eigenvalue weighted by Gasteiger charge is -2.27. The summed E-state index contributed by atoms with van der Waals surface area (Å²) in [6.45, 7) is 1.23. The van der Waals surface area contributed by atoms with Crippen molar-refractivity contribution in [2.24, 2.45) is 0 Å². The van der Waals surface area contributed by atoms with Crippen LogP contribution in [0.25, 0.3) is 0 Å². The van der Waals surface area contributed by atoms with Crippen molar-refractivity contribution in [1.82, 2.24) is 10.6 Å². The zero-order valence-corrected chi connectivity index (χ0v) is 15.5. The molecule has 0 radical (unpaired) electrons. The number of alkyl halides is 3. The third-order valence-corrected chi connectivity index (χ3v) is 3.47. The number of nitrogens with one attached hydrogen (secondary N) is 3. The van der Waals surface area contributed by atoms with Crippen LogP contribution in [0.3, 0.4) is 0 Å². The van der Waals surface area contributed by atoms with Crippen molar-refractivity contribution in [2.75, 3.05) is 12.4 Å². The van der Waals surface area contributed by atoms with Gasteiger partial charge in [-0.15, -0.1) is 0 Å². The lowest BCUT2D eigenvalue weighted by atomic mass is 10.2. The minimum atomic E-state index is -1.90. The fraction of sp³-hybridized carbons (Fsp3) is 0.333. The van der Waals surface area contributed by atoms with E-state index >= 15 is 0 Å². The van der Waals surface area contributed by atoms with E-state index in [4.69, 9.17) is 51.8 Å². The number of ether oxygens (including phenoxy) is 1. The first-order chi connectivity index (χ1) is 11.0. The zero-order valence-electron chi connectivity index (χ0n) is 12.4. The molecule has 0 bridgehead atoms. The highest BCUT2D eigenvalue weighted by atomic mass is 35.6. The van der Waals surface area contributed by atoms with Crippen LogP contribution in [-0.4, -0.2) is 33.0 Å². The molecule has 132 valence electrons. The topological polar surface area (TPSA) is 106 Å². The van der Waals surface area contributed by atoms with Crippen molar-refractivity contribution in [1.29, 1.82) is 0 Å². The molecule has 0 aromatic heterocycles. The Bertz CT molecular complexity index is 654. The van der Waals surface area contributed by atoms with Gasteiger partial charge in [0.25, 0.3) is 5.69 Å². The molecular weight excluding hydrogens is 403 g/mol. The van der Waals surface area contributed by atoms with Crippen molar-refractivity contribution in [3.8, 4) is 5.75 Å². The number of anilines is 1. The molecule has 1 aromatic carbocycles. The Kier molecular flexibility index (Phi) is 7.27. The average molecular weight is 416 g/mol. The van der Waals surface area contributed by atoms with E-state index < -0.39 is 20.8 Å². The van der Waals surface area contributed by atoms with Gasteiger partial charge in [0.1, 0.15) is 17.6 Å². The van der Waals surface area contributed by atoms with Crippen molar-refractivity contribution >= 4 is 69.4 Å². The summed E-state index contributed by atoms with van der Waals surface area (Å²) in [5.41, 5.74) is -0.160. The molecule has 0 heterocycles. The summed E-state index contributed by atoms with van der Waals surface area (Å²) in [6.07, 6.45) is -1.14. The number of amides is 1. The number of hydrogen-bond donors (Lipinski definition) is 3. The summed E-state index contributed by atoms with van der Waals surface area (Å²) < 4.78 is 3.04. The normalized spacial score (nSPS) is 12.0. The summed E-state index contributed by atoms with van der Waals surface area (Å²) in [5.74, 6) is -0.152. The number of nitro benzene ring substituents is 1. The number of carbonyl (C=O) groups is 1. The van der Waals surface area contributed by atoms with Gasteiger partial charge in [-0.3, -0.25) is 14.9 Å². The highest BCUT2D eigenvalue weighted by molar-refractivity contribution is 7.80. The van der Waals surface area contributed by atoms with Gasteiger partial charge >= 0.3 is 0 Å². The predicted octanol–water partition coefficient (Wildman–Crippen LogP) is 2.72. The smallest absolute Gasteiger partial charge is 0.296 e. The third kappa shape index (κ3) is 6.16. The Morgan fingerprint density at radius 1 is 1.38 bits per heavy atom. The number of halogens is 3. The molecule has 1 aromatic rings. The molecule has 0 fully saturated rings. The van der Waals surface area contributed by atoms with Crippen molar-refractivity contribution < 1.29 is 14.5 Å². The summed E-state index contributed by atoms with van der Waals surface area (Å²) in [5, 5.41) is 18.6. The molecule has 0 aliphatic rings. The minimum absolute atomic E-state index is 0.0895. The molecule has 1 rings (SSSR count). The number of hydrogen-bond acceptors (Lipinski definition) is 5. The van der Waals surface area contributed by atoms with E-state index in [1.165, 1.54) is 32.2 Å². The fourth-order valence-corrected chi connectivity index (χ4v) is 2.14. The molecule has 0 saturated heterocycles. The number of benzene rings is 1. The van der Waals surface area contributed by atoms with E-state index in [2.05, 4.69) is 16.0 Å². The molecule has 0 aliphatic carbocycles. The molecule has 0 unspecified atom stereocenters. The molecule has 1 atom stereocenters. The molecule has 24 heavy (non-hydrogen) atoms. The first-order valence-electron chi connectivity index (χ1n) is 6.28. The van der Waals surface area contributed by atoms with Crippen LogP contribution in [0.2, 0.25) is 0 Å². The van der Waals surface area contributed by atoms with Gasteiger partial charge in [0.15, 0.2) is 5.11 Å². The molecule has 3 N–H and O–H groups in total. The fourth-order valence-electron chi connectivity index (χ4n) is 1.59. The third-order valence-electron chi connectivity index (χ3n) is 2.60. The molecule has 0 saturated carbocycles. The van der Waals surface area contributed by atoms with E-state index in [1.807, 2.05) is 0 Å². The largest absolute Gasteiger partial charge is 0.496 e. The molecule has 8 nitrogen and oxygen atoms in total. The zero-order chi connectivity index (χ0) is 18.5. The summed E-state index contributed by atoms with van der Waals surface area (Å²) in [6, 6.07) is 4.15. The van der Waals surface area contributed by atoms with Crippen LogP contribution in [0.4, 0.5) is 11.4 Å². The van der Waals surface area contributed by atoms with E-state index in [0.29, 0.717) is 5.75 Å². The molecule has 1 amide bonds. The van der Waals surface area contributed by atoms with Gasteiger partial charge in [-0.1, -0.05) is 34.8 Å². The van der Waals surface area contributed by atoms with Gasteiger partial charge in [0.05, 0.1) is 18.1 Å². The van der Waals surface area contributed by atoms with Crippen LogP contribution in [-0.2, 0) is 4.79 Å². The number of thiocarbonyl (C=S) groups is 1. The molecule has 0 aliphatic heterocycles. The van der Waals surface area contributed by atoms with Gasteiger partial charge in [-0.25, -0.2) is 0 Å². The maximum Gasteiger partial charge on any atom is 0.296 e. The maximum atomic E-state index is 11.2. The van der Waals surface area contributed by atoms with Gasteiger partial charge in [-0.2, -0.15) is 0 Å². The second kappa shape index (κ2) is 8.52. The number of methoxy groups -OCH3 is 1. The Hall–Kier alpha value is -1.55. The standard InChI is InChI=1S/C12H13Cl3N4O4S/c1-6(20)16-10(12(13,14)15)18-11(24)17-8-4-3-7(23-2)5-9(8)19(21)22/h3-5,10H,1-2H3,(H,16,20)(H2,17,18,24)/t10-/m1/s1. The predicted molar refractivity (Wildman–Crippen MR) is 96.9 cm³/mol. The Labute approximate surface area is 157 Å². The Balaban J connectivity index is 2.94. The van der Waals surface area contributed by atoms with Crippen LogP contribution in [0, 0.1) is 10.1 Å². The average Bonchev–Trinajstić information content (AvgIpc) is 2.45. The second-order valence-corrected chi connectivity index (χ2v) is 7.19. The highest BCUT2D eigenvalue weighted by Crippen LogP contribution is 2.30. The van der Waals surface area contributed by atoms with Crippen LogP contribution < -0.4 is 20.7 Å². The Morgan fingerprint density at radius 3 is 2.46 bits per heavy atom. The molecule has 0 spiro atoms. The Morgan fingerprint density at radius 2 is 2.00 bits per heavy atom. The summed E-state index contributed by atoms with van der Waals surface area (Å²) in [7, 11) is 1.39.